The summed E-state index contributed by atoms with van der Waals surface area (Å²) in [6.07, 6.45) is 40.9. The van der Waals surface area contributed by atoms with E-state index in [9.17, 15) is 0 Å². The predicted molar refractivity (Wildman–Crippen MR) is 152 cm³/mol. The zero-order chi connectivity index (χ0) is 23.8. The van der Waals surface area contributed by atoms with E-state index >= 15 is 0 Å². The zero-order valence-corrected chi connectivity index (χ0v) is 23.0. The van der Waals surface area contributed by atoms with Crippen molar-refractivity contribution in [3.8, 4) is 0 Å². The van der Waals surface area contributed by atoms with Gasteiger partial charge in [-0.3, -0.25) is 0 Å². The molecule has 0 heteroatoms. The van der Waals surface area contributed by atoms with Crippen LogP contribution in [0.15, 0.2) is 25.3 Å². The molecule has 0 aromatic heterocycles. The van der Waals surface area contributed by atoms with Crippen LogP contribution in [0.3, 0.4) is 0 Å². The van der Waals surface area contributed by atoms with Crippen LogP contribution in [0.4, 0.5) is 0 Å². The van der Waals surface area contributed by atoms with E-state index in [0.717, 1.165) is 0 Å². The first-order valence-electron chi connectivity index (χ1n) is 15.0. The first-order chi connectivity index (χ1) is 15.8. The first-order valence-corrected chi connectivity index (χ1v) is 15.0. The zero-order valence-electron chi connectivity index (χ0n) is 23.0. The van der Waals surface area contributed by atoms with Gasteiger partial charge in [0.25, 0.3) is 0 Å². The van der Waals surface area contributed by atoms with Crippen LogP contribution >= 0.6 is 0 Å². The molecule has 0 aliphatic heterocycles. The summed E-state index contributed by atoms with van der Waals surface area (Å²) in [5.41, 5.74) is 0. The molecule has 0 radical (unpaired) electrons. The molecule has 0 atom stereocenters. The van der Waals surface area contributed by atoms with Crippen molar-refractivity contribution in [2.24, 2.45) is 0 Å². The molecule has 0 rings (SSSR count). The van der Waals surface area contributed by atoms with E-state index in [2.05, 4.69) is 27.0 Å². The molecule has 0 N–H and O–H groups in total. The monoisotopic (exact) mass is 449 g/mol. The molecule has 32 heavy (non-hydrogen) atoms. The fourth-order valence-electron chi connectivity index (χ4n) is 4.26. The summed E-state index contributed by atoms with van der Waals surface area (Å²) in [7, 11) is 0. The molecule has 0 amide bonds. The van der Waals surface area contributed by atoms with Gasteiger partial charge in [-0.15, -0.1) is 13.2 Å². The third kappa shape index (κ3) is 36.8. The summed E-state index contributed by atoms with van der Waals surface area (Å²) >= 11 is 0. The van der Waals surface area contributed by atoms with Crippen LogP contribution in [-0.2, 0) is 0 Å². The van der Waals surface area contributed by atoms with Gasteiger partial charge in [0.05, 0.1) is 0 Å². The van der Waals surface area contributed by atoms with Crippen LogP contribution in [-0.4, -0.2) is 0 Å². The van der Waals surface area contributed by atoms with E-state index in [4.69, 9.17) is 0 Å². The molecule has 0 bridgehead atoms. The Morgan fingerprint density at radius 1 is 0.312 bits per heavy atom. The fraction of sp³-hybridized carbons (Fsp3) is 0.875. The molecule has 0 spiro atoms. The molecule has 0 saturated heterocycles. The molecule has 0 aromatic rings. The maximum absolute atomic E-state index is 3.76. The second-order valence-corrected chi connectivity index (χ2v) is 9.93. The maximum Gasteiger partial charge on any atom is -0.0353 e. The van der Waals surface area contributed by atoms with E-state index in [0.29, 0.717) is 0 Å². The Hall–Kier alpha value is -0.520. The van der Waals surface area contributed by atoms with Crippen molar-refractivity contribution in [3.63, 3.8) is 0 Å². The minimum absolute atomic E-state index is 1.20. The lowest BCUT2D eigenvalue weighted by Crippen LogP contribution is -1.83. The van der Waals surface area contributed by atoms with Crippen molar-refractivity contribution in [2.45, 2.75) is 181 Å². The molecule has 0 nitrogen and oxygen atoms in total. The van der Waals surface area contributed by atoms with Gasteiger partial charge in [0, 0.05) is 0 Å². The number of hydrogen-bond donors (Lipinski definition) is 0. The number of unbranched alkanes of at least 4 members (excludes halogenated alkanes) is 24. The van der Waals surface area contributed by atoms with Gasteiger partial charge in [-0.05, 0) is 25.7 Å². The van der Waals surface area contributed by atoms with Crippen molar-refractivity contribution >= 4 is 0 Å². The summed E-state index contributed by atoms with van der Waals surface area (Å²) in [4.78, 5) is 0. The second kappa shape index (κ2) is 35.1. The second-order valence-electron chi connectivity index (χ2n) is 9.93. The largest absolute Gasteiger partial charge is 0.103 e. The Labute approximate surface area is 206 Å². The maximum atomic E-state index is 3.76. The topological polar surface area (TPSA) is 0 Å². The summed E-state index contributed by atoms with van der Waals surface area (Å²) < 4.78 is 0. The van der Waals surface area contributed by atoms with Crippen molar-refractivity contribution in [1.29, 1.82) is 0 Å². The minimum atomic E-state index is 1.20. The quantitative estimate of drug-likeness (QED) is 0.0911. The van der Waals surface area contributed by atoms with Crippen molar-refractivity contribution in [2.75, 3.05) is 0 Å². The summed E-state index contributed by atoms with van der Waals surface area (Å²) in [6.45, 7) is 12.1. The van der Waals surface area contributed by atoms with Gasteiger partial charge in [-0.25, -0.2) is 0 Å². The van der Waals surface area contributed by atoms with Crippen LogP contribution in [0.25, 0.3) is 0 Å². The van der Waals surface area contributed by atoms with E-state index in [1.807, 2.05) is 12.2 Å². The van der Waals surface area contributed by atoms with Crippen molar-refractivity contribution in [1.82, 2.24) is 0 Å². The number of allylic oxidation sites excluding steroid dienone is 2. The van der Waals surface area contributed by atoms with Crippen LogP contribution < -0.4 is 0 Å². The predicted octanol–water partition coefficient (Wildman–Crippen LogP) is 12.5. The average Bonchev–Trinajstić information content (AvgIpc) is 2.81. The number of rotatable bonds is 26. The molecule has 0 saturated carbocycles. The third-order valence-corrected chi connectivity index (χ3v) is 6.52. The van der Waals surface area contributed by atoms with Crippen LogP contribution in [0.2, 0.25) is 0 Å². The molecular weight excluding hydrogens is 384 g/mol. The third-order valence-electron chi connectivity index (χ3n) is 6.52. The molecule has 0 aliphatic rings. The van der Waals surface area contributed by atoms with E-state index < -0.39 is 0 Å². The fourth-order valence-corrected chi connectivity index (χ4v) is 4.26. The van der Waals surface area contributed by atoms with Gasteiger partial charge in [0.15, 0.2) is 0 Å². The molecule has 0 unspecified atom stereocenters. The van der Waals surface area contributed by atoms with E-state index in [1.165, 1.54) is 167 Å². The Morgan fingerprint density at radius 3 is 0.688 bits per heavy atom. The molecule has 0 heterocycles. The van der Waals surface area contributed by atoms with Crippen molar-refractivity contribution < 1.29 is 0 Å². The lowest BCUT2D eigenvalue weighted by atomic mass is 10.0. The van der Waals surface area contributed by atoms with Crippen LogP contribution in [0.5, 0.6) is 0 Å². The normalized spacial score (nSPS) is 10.6. The Balaban J connectivity index is 0. The van der Waals surface area contributed by atoms with Crippen LogP contribution in [0, 0.1) is 0 Å². The van der Waals surface area contributed by atoms with Crippen LogP contribution in [0.1, 0.15) is 181 Å². The van der Waals surface area contributed by atoms with Gasteiger partial charge in [0.2, 0.25) is 0 Å². The first kappa shape index (κ1) is 33.7. The standard InChI is InChI=1S/C18H36.C14H28/c1-3-5-7-9-11-13-15-17-18-16-14-12-10-8-6-4-2;1-3-5-7-9-11-13-14-12-10-8-6-4-2/h3H,1,4-18H2,2H3;3H,1,4-14H2,2H3. The van der Waals surface area contributed by atoms with Gasteiger partial charge in [-0.2, -0.15) is 0 Å². The van der Waals surface area contributed by atoms with E-state index in [-0.39, 0.29) is 0 Å². The highest BCUT2D eigenvalue weighted by Gasteiger charge is 1.94. The lowest BCUT2D eigenvalue weighted by molar-refractivity contribution is 0.536. The number of hydrogen-bond acceptors (Lipinski definition) is 0. The molecule has 0 aromatic carbocycles. The Kier molecular flexibility index (Phi) is 36.9. The molecule has 0 fully saturated rings. The molecule has 0 aliphatic carbocycles. The molecule has 192 valence electrons. The van der Waals surface area contributed by atoms with Crippen molar-refractivity contribution in [3.05, 3.63) is 25.3 Å². The van der Waals surface area contributed by atoms with Gasteiger partial charge in [-0.1, -0.05) is 167 Å². The highest BCUT2D eigenvalue weighted by Crippen LogP contribution is 2.13. The van der Waals surface area contributed by atoms with Gasteiger partial charge < -0.3 is 0 Å². The summed E-state index contributed by atoms with van der Waals surface area (Å²) in [6, 6.07) is 0. The Bertz CT molecular complexity index is 316. The summed E-state index contributed by atoms with van der Waals surface area (Å²) in [5, 5.41) is 0. The SMILES string of the molecule is C=CCCCCCCCCCCCC.C=CCCCCCCCCCCCCCCCC. The summed E-state index contributed by atoms with van der Waals surface area (Å²) in [5.74, 6) is 0. The highest BCUT2D eigenvalue weighted by molar-refractivity contribution is 4.65. The smallest absolute Gasteiger partial charge is 0.0353 e. The molecular formula is C32H64. The highest BCUT2D eigenvalue weighted by atomic mass is 14.0. The Morgan fingerprint density at radius 2 is 0.500 bits per heavy atom. The lowest BCUT2D eigenvalue weighted by Gasteiger charge is -2.02. The van der Waals surface area contributed by atoms with Gasteiger partial charge >= 0.3 is 0 Å². The average molecular weight is 449 g/mol. The van der Waals surface area contributed by atoms with Gasteiger partial charge in [0.1, 0.15) is 0 Å². The minimum Gasteiger partial charge on any atom is -0.103 e. The van der Waals surface area contributed by atoms with E-state index in [1.54, 1.807) is 0 Å².